The molecule has 0 radical (unpaired) electrons. The molecule has 99 heavy (non-hydrogen) atoms. The Hall–Kier alpha value is -11.7. The fraction of sp³-hybridized carbons (Fsp3) is 0.189. The van der Waals surface area contributed by atoms with Crippen LogP contribution in [0, 0.1) is 0 Å². The Morgan fingerprint density at radius 2 is 0.929 bits per heavy atom. The number of carboxylic acids is 3. The maximum Gasteiger partial charge on any atom is 0.416 e. The monoisotopic (exact) mass is 1410 g/mol. The first-order chi connectivity index (χ1) is 47.1. The predicted molar refractivity (Wildman–Crippen MR) is 379 cm³/mol. The van der Waals surface area contributed by atoms with Crippen LogP contribution in [0.2, 0.25) is 0 Å². The number of alkyl halides is 3. The molecule has 25 heteroatoms. The van der Waals surface area contributed by atoms with Crippen molar-refractivity contribution in [3.8, 4) is 0 Å². The van der Waals surface area contributed by atoms with Crippen LogP contribution in [0.3, 0.4) is 0 Å². The summed E-state index contributed by atoms with van der Waals surface area (Å²) in [5.41, 5.74) is 7.34. The fourth-order valence-electron chi connectivity index (χ4n) is 9.94. The number of amides is 3. The van der Waals surface area contributed by atoms with Gasteiger partial charge in [0.25, 0.3) is 11.8 Å². The number of aromatic nitrogens is 6. The molecule has 10 rings (SSSR count). The summed E-state index contributed by atoms with van der Waals surface area (Å²) in [6, 6.07) is 47.3. The molecule has 0 bridgehead atoms. The first-order valence-corrected chi connectivity index (χ1v) is 31.5. The van der Waals surface area contributed by atoms with Crippen LogP contribution in [-0.2, 0) is 57.5 Å². The maximum atomic E-state index is 12.7. The van der Waals surface area contributed by atoms with Crippen molar-refractivity contribution >= 4 is 103 Å². The number of rotatable bonds is 22. The molecule has 3 amide bonds. The third kappa shape index (κ3) is 21.6. The smallest absolute Gasteiger partial charge is 0.416 e. The lowest BCUT2D eigenvalue weighted by Gasteiger charge is -2.18. The molecule has 0 aliphatic heterocycles. The van der Waals surface area contributed by atoms with Crippen molar-refractivity contribution < 1.29 is 57.3 Å². The standard InChI is InChI=1S/C27H26N4O3.C25H23F3N4O3.C22H21BrN4O3/c1-17(25-28-16-22(15-24(32)33)26(30-25)31(2)3)18-10-12-23(13-11-18)29-27(34)21-9-8-19-6-4-5-7-20(19)14-21;1-32(2)24-18(14-23(34)35)15-29-21(31-24)13-17-5-10-20(11-6-17)30-22(33)12-7-16-3-8-19(9-4-16)25(26,27)28;1-27(2)21-16(12-20(28)29)13-24-19(26-21)11-14-3-9-18(10-4-14)25-22(30)15-5-7-17(23)8-6-15/h4-14,16-17H,15H2,1-3H3,(H,29,34)(H,32,33);3-12,15H,13-14H2,1-2H3,(H,30,33)(H,34,35);3-10,13H,11-12H2,1-2H3,(H,25,30)(H,28,29)/b;12-7+;. The molecular weight excluding hydrogens is 1340 g/mol. The number of halogens is 4. The highest BCUT2D eigenvalue weighted by atomic mass is 79.9. The van der Waals surface area contributed by atoms with Crippen molar-refractivity contribution in [2.45, 2.75) is 51.1 Å². The minimum Gasteiger partial charge on any atom is -0.481 e. The number of benzene rings is 7. The zero-order valence-corrected chi connectivity index (χ0v) is 56.5. The highest BCUT2D eigenvalue weighted by molar-refractivity contribution is 9.10. The molecule has 0 spiro atoms. The summed E-state index contributed by atoms with van der Waals surface area (Å²) in [6.45, 7) is 1.99. The van der Waals surface area contributed by atoms with Gasteiger partial charge < -0.3 is 46.0 Å². The van der Waals surface area contributed by atoms with Crippen LogP contribution in [0.15, 0.2) is 193 Å². The minimum atomic E-state index is -4.41. The van der Waals surface area contributed by atoms with Gasteiger partial charge in [-0.15, -0.1) is 0 Å². The van der Waals surface area contributed by atoms with E-state index in [2.05, 4.69) is 61.8 Å². The molecule has 10 aromatic rings. The van der Waals surface area contributed by atoms with Gasteiger partial charge in [-0.2, -0.15) is 13.2 Å². The summed E-state index contributed by atoms with van der Waals surface area (Å²) in [7, 11) is 10.9. The molecule has 1 unspecified atom stereocenters. The summed E-state index contributed by atoms with van der Waals surface area (Å²) >= 11 is 3.35. The van der Waals surface area contributed by atoms with Crippen molar-refractivity contribution in [2.24, 2.45) is 0 Å². The first kappa shape index (κ1) is 73.1. The van der Waals surface area contributed by atoms with Crippen LogP contribution in [0.4, 0.5) is 47.7 Å². The van der Waals surface area contributed by atoms with Crippen LogP contribution in [-0.4, -0.2) is 123 Å². The lowest BCUT2D eigenvalue weighted by Crippen LogP contribution is -2.18. The van der Waals surface area contributed by atoms with E-state index in [1.165, 1.54) is 30.5 Å². The van der Waals surface area contributed by atoms with Gasteiger partial charge >= 0.3 is 24.1 Å². The van der Waals surface area contributed by atoms with E-state index in [9.17, 15) is 41.9 Å². The molecule has 0 aliphatic carbocycles. The second-order valence-electron chi connectivity index (χ2n) is 23.3. The summed E-state index contributed by atoms with van der Waals surface area (Å²) in [4.78, 5) is 102. The highest BCUT2D eigenvalue weighted by Crippen LogP contribution is 2.30. The number of nitrogens with one attached hydrogen (secondary N) is 3. The van der Waals surface area contributed by atoms with Crippen molar-refractivity contribution in [1.82, 2.24) is 29.9 Å². The second-order valence-corrected chi connectivity index (χ2v) is 24.2. The Balaban J connectivity index is 0.000000190. The van der Waals surface area contributed by atoms with Crippen LogP contribution in [0.1, 0.15) is 95.5 Å². The molecule has 0 saturated carbocycles. The number of hydrogen-bond acceptors (Lipinski definition) is 15. The van der Waals surface area contributed by atoms with E-state index < -0.39 is 35.6 Å². The molecule has 0 saturated heterocycles. The zero-order valence-electron chi connectivity index (χ0n) is 54.9. The van der Waals surface area contributed by atoms with Crippen molar-refractivity contribution in [3.63, 3.8) is 0 Å². The zero-order chi connectivity index (χ0) is 71.5. The number of nitrogens with zero attached hydrogens (tertiary/aromatic N) is 9. The third-order valence-corrected chi connectivity index (χ3v) is 15.5. The van der Waals surface area contributed by atoms with Gasteiger partial charge in [0.1, 0.15) is 34.9 Å². The minimum absolute atomic E-state index is 0.109. The molecule has 3 aromatic heterocycles. The van der Waals surface area contributed by atoms with E-state index in [4.69, 9.17) is 15.3 Å². The number of anilines is 6. The molecule has 7 aromatic carbocycles. The number of carboxylic acid groups (broad SMARTS) is 3. The lowest BCUT2D eigenvalue weighted by atomic mass is 9.99. The first-order valence-electron chi connectivity index (χ1n) is 30.7. The van der Waals surface area contributed by atoms with Gasteiger partial charge in [-0.05, 0) is 124 Å². The van der Waals surface area contributed by atoms with Crippen molar-refractivity contribution in [3.05, 3.63) is 266 Å². The number of carbonyl (C=O) groups excluding carboxylic acids is 3. The van der Waals surface area contributed by atoms with E-state index in [1.807, 2.05) is 138 Å². The van der Waals surface area contributed by atoms with E-state index in [0.29, 0.717) is 98.2 Å². The molecule has 508 valence electrons. The Kier molecular flexibility index (Phi) is 24.9. The Morgan fingerprint density at radius 3 is 1.39 bits per heavy atom. The molecule has 0 aliphatic rings. The van der Waals surface area contributed by atoms with Crippen molar-refractivity contribution in [2.75, 3.05) is 72.9 Å². The molecule has 1 atom stereocenters. The molecule has 0 fully saturated rings. The molecular formula is C74H70BrF3N12O9. The van der Waals surface area contributed by atoms with E-state index in [0.717, 1.165) is 44.1 Å². The van der Waals surface area contributed by atoms with Gasteiger partial charge in [-0.1, -0.05) is 102 Å². The summed E-state index contributed by atoms with van der Waals surface area (Å²) in [6.07, 6.45) is 3.41. The number of hydrogen-bond donors (Lipinski definition) is 6. The molecule has 6 N–H and O–H groups in total. The normalized spacial score (nSPS) is 11.3. The summed E-state index contributed by atoms with van der Waals surface area (Å²) < 4.78 is 38.8. The van der Waals surface area contributed by atoms with Gasteiger partial charge in [-0.3, -0.25) is 28.8 Å². The van der Waals surface area contributed by atoms with Gasteiger partial charge in [0.05, 0.1) is 24.8 Å². The van der Waals surface area contributed by atoms with Crippen LogP contribution in [0.5, 0.6) is 0 Å². The average Bonchev–Trinajstić information content (AvgIpc) is 0.842. The summed E-state index contributed by atoms with van der Waals surface area (Å²) in [5, 5.41) is 37.8. The van der Waals surface area contributed by atoms with Gasteiger partial charge in [0.2, 0.25) is 5.91 Å². The maximum absolute atomic E-state index is 12.7. The highest BCUT2D eigenvalue weighted by Gasteiger charge is 2.30. The van der Waals surface area contributed by atoms with Crippen LogP contribution >= 0.6 is 15.9 Å². The van der Waals surface area contributed by atoms with Gasteiger partial charge in [0, 0.05) is 135 Å². The Labute approximate surface area is 577 Å². The Bertz CT molecular complexity index is 4540. The largest absolute Gasteiger partial charge is 0.481 e. The van der Waals surface area contributed by atoms with E-state index in [1.54, 1.807) is 77.6 Å². The predicted octanol–water partition coefficient (Wildman–Crippen LogP) is 12.9. The third-order valence-electron chi connectivity index (χ3n) is 14.9. The lowest BCUT2D eigenvalue weighted by molar-refractivity contribution is -0.138. The van der Waals surface area contributed by atoms with Gasteiger partial charge in [0.15, 0.2) is 0 Å². The molecule has 3 heterocycles. The SMILES string of the molecule is CC(c1ccc(NC(=O)c2ccc3ccccc3c2)cc1)c1ncc(CC(=O)O)c(N(C)C)n1.CN(C)c1nc(Cc2ccc(NC(=O)/C=C/c3ccc(C(F)(F)F)cc3)cc2)ncc1CC(=O)O.CN(C)c1nc(Cc2ccc(NC(=O)c3ccc(Br)cc3)cc2)ncc1CC(=O)O. The topological polar surface area (TPSA) is 286 Å². The second kappa shape index (κ2) is 33.8. The van der Waals surface area contributed by atoms with Crippen LogP contribution in [0.25, 0.3) is 16.8 Å². The molecule has 21 nitrogen and oxygen atoms in total. The van der Waals surface area contributed by atoms with Crippen LogP contribution < -0.4 is 30.7 Å². The Morgan fingerprint density at radius 1 is 0.505 bits per heavy atom. The van der Waals surface area contributed by atoms with Crippen molar-refractivity contribution in [1.29, 1.82) is 0 Å². The number of carbonyl (C=O) groups is 6. The van der Waals surface area contributed by atoms with Gasteiger partial charge in [-0.25, -0.2) is 29.9 Å². The van der Waals surface area contributed by atoms with E-state index >= 15 is 0 Å². The number of aliphatic carboxylic acids is 3. The average molecular weight is 1410 g/mol. The fourth-order valence-corrected chi connectivity index (χ4v) is 10.2. The van der Waals surface area contributed by atoms with E-state index in [-0.39, 0.29) is 37.0 Å². The summed E-state index contributed by atoms with van der Waals surface area (Å²) in [5.74, 6) is -0.221. The number of fused-ring (bicyclic) bond motifs is 1. The quantitative estimate of drug-likeness (QED) is 0.0344.